The van der Waals surface area contributed by atoms with Gasteiger partial charge in [-0.3, -0.25) is 9.59 Å². The Labute approximate surface area is 126 Å². The molecule has 6 nitrogen and oxygen atoms in total. The monoisotopic (exact) mass is 314 g/mol. The van der Waals surface area contributed by atoms with Crippen LogP contribution in [-0.4, -0.2) is 50.5 Å². The van der Waals surface area contributed by atoms with E-state index in [1.807, 2.05) is 11.8 Å². The van der Waals surface area contributed by atoms with Crippen LogP contribution in [0.1, 0.15) is 20.0 Å². The Balaban J connectivity index is 2.47. The minimum absolute atomic E-state index is 0.248. The Morgan fingerprint density at radius 1 is 1.15 bits per heavy atom. The summed E-state index contributed by atoms with van der Waals surface area (Å²) in [6, 6.07) is 0. The summed E-state index contributed by atoms with van der Waals surface area (Å²) in [6.45, 7) is 1.73. The van der Waals surface area contributed by atoms with Crippen molar-refractivity contribution in [2.24, 2.45) is 0 Å². The molecule has 2 heterocycles. The van der Waals surface area contributed by atoms with Crippen molar-refractivity contribution in [1.82, 2.24) is 10.6 Å². The number of thioether (sulfide) groups is 1. The first-order valence-corrected chi connectivity index (χ1v) is 8.26. The number of nitrogen functional groups attached to an aromatic ring is 1. The van der Waals surface area contributed by atoms with Gasteiger partial charge in [-0.05, 0) is 0 Å². The minimum Gasteiger partial charge on any atom is -0.397 e. The molecular weight excluding hydrogens is 296 g/mol. The minimum atomic E-state index is -0.254. The lowest BCUT2D eigenvalue weighted by molar-refractivity contribution is 0.0963. The van der Waals surface area contributed by atoms with Gasteiger partial charge in [-0.15, -0.1) is 11.3 Å². The molecule has 0 radical (unpaired) electrons. The molecule has 1 aliphatic rings. The highest BCUT2D eigenvalue weighted by Gasteiger charge is 2.28. The van der Waals surface area contributed by atoms with E-state index in [9.17, 15) is 9.59 Å². The van der Waals surface area contributed by atoms with Gasteiger partial charge >= 0.3 is 0 Å². The van der Waals surface area contributed by atoms with Gasteiger partial charge in [-0.1, -0.05) is 0 Å². The van der Waals surface area contributed by atoms with Crippen LogP contribution in [0.3, 0.4) is 0 Å². The smallest absolute Gasteiger partial charge is 0.263 e. The fourth-order valence-electron chi connectivity index (χ4n) is 2.05. The molecular formula is C12H18N4O2S2. The van der Waals surface area contributed by atoms with Gasteiger partial charge in [0, 0.05) is 38.7 Å². The van der Waals surface area contributed by atoms with Crippen LogP contribution < -0.4 is 21.3 Å². The van der Waals surface area contributed by atoms with E-state index in [0.29, 0.717) is 10.4 Å². The lowest BCUT2D eigenvalue weighted by Crippen LogP contribution is -2.33. The van der Waals surface area contributed by atoms with E-state index in [0.717, 1.165) is 29.6 Å². The van der Waals surface area contributed by atoms with E-state index in [1.54, 1.807) is 14.1 Å². The number of hydrogen-bond acceptors (Lipinski definition) is 6. The topological polar surface area (TPSA) is 87.5 Å². The molecule has 1 aromatic rings. The second-order valence-corrected chi connectivity index (χ2v) is 6.51. The van der Waals surface area contributed by atoms with Crippen LogP contribution in [0.5, 0.6) is 0 Å². The van der Waals surface area contributed by atoms with Crippen LogP contribution in [0, 0.1) is 0 Å². The zero-order chi connectivity index (χ0) is 14.7. The molecule has 1 saturated heterocycles. The van der Waals surface area contributed by atoms with Crippen LogP contribution in [0.25, 0.3) is 0 Å². The van der Waals surface area contributed by atoms with E-state index in [4.69, 9.17) is 5.73 Å². The van der Waals surface area contributed by atoms with E-state index in [2.05, 4.69) is 15.5 Å². The van der Waals surface area contributed by atoms with Crippen LogP contribution in [0.15, 0.2) is 0 Å². The molecule has 8 heteroatoms. The summed E-state index contributed by atoms with van der Waals surface area (Å²) in [4.78, 5) is 26.5. The predicted molar refractivity (Wildman–Crippen MR) is 85.0 cm³/mol. The molecule has 0 saturated carbocycles. The third-order valence-electron chi connectivity index (χ3n) is 3.11. The maximum absolute atomic E-state index is 12.1. The van der Waals surface area contributed by atoms with Gasteiger partial charge in [0.1, 0.15) is 9.88 Å². The Kier molecular flexibility index (Phi) is 4.77. The second kappa shape index (κ2) is 6.36. The standard InChI is InChI=1S/C12H18N4O2S2/c1-14-10(17)7-8(13)9(11(18)15-2)20-12(7)16-3-5-19-6-4-16/h3-6,13H2,1-2H3,(H,14,17)(H,15,18). The largest absolute Gasteiger partial charge is 0.397 e. The third-order valence-corrected chi connectivity index (χ3v) is 5.32. The summed E-state index contributed by atoms with van der Waals surface area (Å²) in [5, 5.41) is 5.95. The number of thiophene rings is 1. The molecule has 0 aromatic carbocycles. The molecule has 0 bridgehead atoms. The first-order valence-electron chi connectivity index (χ1n) is 6.29. The molecule has 20 heavy (non-hydrogen) atoms. The van der Waals surface area contributed by atoms with Crippen LogP contribution >= 0.6 is 23.1 Å². The van der Waals surface area contributed by atoms with Crippen LogP contribution in [0.4, 0.5) is 10.7 Å². The van der Waals surface area contributed by atoms with Crippen molar-refractivity contribution >= 4 is 45.6 Å². The third kappa shape index (κ3) is 2.71. The van der Waals surface area contributed by atoms with Gasteiger partial charge in [0.05, 0.1) is 11.3 Å². The van der Waals surface area contributed by atoms with Crippen LogP contribution in [0.2, 0.25) is 0 Å². The summed E-state index contributed by atoms with van der Waals surface area (Å²) < 4.78 is 0. The van der Waals surface area contributed by atoms with E-state index < -0.39 is 0 Å². The highest BCUT2D eigenvalue weighted by atomic mass is 32.2. The number of hydrogen-bond donors (Lipinski definition) is 3. The molecule has 1 aliphatic heterocycles. The average molecular weight is 314 g/mol. The molecule has 0 unspecified atom stereocenters. The van der Waals surface area contributed by atoms with Crippen molar-refractivity contribution in [3.63, 3.8) is 0 Å². The van der Waals surface area contributed by atoms with Crippen molar-refractivity contribution in [3.05, 3.63) is 10.4 Å². The van der Waals surface area contributed by atoms with Gasteiger partial charge < -0.3 is 21.3 Å². The highest BCUT2D eigenvalue weighted by molar-refractivity contribution is 7.99. The van der Waals surface area contributed by atoms with Crippen molar-refractivity contribution in [2.45, 2.75) is 0 Å². The number of carbonyl (C=O) groups excluding carboxylic acids is 2. The van der Waals surface area contributed by atoms with Crippen molar-refractivity contribution < 1.29 is 9.59 Å². The number of rotatable bonds is 3. The lowest BCUT2D eigenvalue weighted by atomic mass is 10.2. The molecule has 0 atom stereocenters. The number of carbonyl (C=O) groups is 2. The maximum Gasteiger partial charge on any atom is 0.263 e. The average Bonchev–Trinajstić information content (AvgIpc) is 2.84. The molecule has 1 aromatic heterocycles. The normalized spacial score (nSPS) is 15.0. The number of anilines is 2. The number of nitrogens with two attached hydrogens (primary N) is 1. The Morgan fingerprint density at radius 3 is 2.30 bits per heavy atom. The zero-order valence-electron chi connectivity index (χ0n) is 11.5. The molecule has 0 aliphatic carbocycles. The summed E-state index contributed by atoms with van der Waals surface area (Å²) in [5.74, 6) is 1.53. The fourth-order valence-corrected chi connectivity index (χ4v) is 4.17. The second-order valence-electron chi connectivity index (χ2n) is 4.28. The van der Waals surface area contributed by atoms with E-state index >= 15 is 0 Å². The van der Waals surface area contributed by atoms with Gasteiger partial charge in [-0.25, -0.2) is 0 Å². The zero-order valence-corrected chi connectivity index (χ0v) is 13.1. The summed E-state index contributed by atoms with van der Waals surface area (Å²) in [6.07, 6.45) is 0. The van der Waals surface area contributed by atoms with Gasteiger partial charge in [0.25, 0.3) is 11.8 Å². The van der Waals surface area contributed by atoms with Crippen molar-refractivity contribution in [1.29, 1.82) is 0 Å². The van der Waals surface area contributed by atoms with Crippen LogP contribution in [-0.2, 0) is 0 Å². The molecule has 0 spiro atoms. The quantitative estimate of drug-likeness (QED) is 0.760. The molecule has 110 valence electrons. The maximum atomic E-state index is 12.1. The first-order chi connectivity index (χ1) is 9.60. The summed E-state index contributed by atoms with van der Waals surface area (Å²) >= 11 is 3.17. The van der Waals surface area contributed by atoms with Crippen molar-refractivity contribution in [3.8, 4) is 0 Å². The number of nitrogens with zero attached hydrogens (tertiary/aromatic N) is 1. The number of amides is 2. The predicted octanol–water partition coefficient (Wildman–Crippen LogP) is 0.603. The SMILES string of the molecule is CNC(=O)c1sc(N2CCSCC2)c(C(=O)NC)c1N. The first kappa shape index (κ1) is 15.0. The van der Waals surface area contributed by atoms with Crippen molar-refractivity contribution in [2.75, 3.05) is 49.3 Å². The Bertz CT molecular complexity index is 524. The Hall–Kier alpha value is -1.41. The van der Waals surface area contributed by atoms with E-state index in [1.165, 1.54) is 11.3 Å². The Morgan fingerprint density at radius 2 is 1.75 bits per heavy atom. The summed E-state index contributed by atoms with van der Waals surface area (Å²) in [5.41, 5.74) is 6.71. The van der Waals surface area contributed by atoms with E-state index in [-0.39, 0.29) is 17.5 Å². The van der Waals surface area contributed by atoms with Gasteiger partial charge in [0.15, 0.2) is 0 Å². The number of nitrogens with one attached hydrogen (secondary N) is 2. The molecule has 4 N–H and O–H groups in total. The molecule has 2 rings (SSSR count). The summed E-state index contributed by atoms with van der Waals surface area (Å²) in [7, 11) is 3.12. The molecule has 2 amide bonds. The van der Waals surface area contributed by atoms with Gasteiger partial charge in [-0.2, -0.15) is 11.8 Å². The molecule has 1 fully saturated rings. The van der Waals surface area contributed by atoms with Gasteiger partial charge in [0.2, 0.25) is 0 Å². The fraction of sp³-hybridized carbons (Fsp3) is 0.500. The highest BCUT2D eigenvalue weighted by Crippen LogP contribution is 2.39. The lowest BCUT2D eigenvalue weighted by Gasteiger charge is -2.27.